The lowest BCUT2D eigenvalue weighted by molar-refractivity contribution is -0.111. The molecular weight excluding hydrogens is 318 g/mol. The van der Waals surface area contributed by atoms with Crippen LogP contribution in [0.4, 0.5) is 5.69 Å². The zero-order chi connectivity index (χ0) is 16.8. The first-order valence-corrected chi connectivity index (χ1v) is 9.09. The van der Waals surface area contributed by atoms with Crippen molar-refractivity contribution in [2.75, 3.05) is 38.5 Å². The highest BCUT2D eigenvalue weighted by atomic mass is 32.1. The summed E-state index contributed by atoms with van der Waals surface area (Å²) in [4.78, 5) is 17.8. The minimum atomic E-state index is -0.102. The second-order valence-electron chi connectivity index (χ2n) is 6.11. The van der Waals surface area contributed by atoms with Gasteiger partial charge in [0.15, 0.2) is 0 Å². The number of benzene rings is 1. The molecule has 1 aromatic heterocycles. The molecule has 0 bridgehead atoms. The molecule has 1 aliphatic heterocycles. The summed E-state index contributed by atoms with van der Waals surface area (Å²) in [7, 11) is 2.17. The van der Waals surface area contributed by atoms with Crippen LogP contribution in [0.2, 0.25) is 0 Å². The second kappa shape index (κ2) is 8.24. The lowest BCUT2D eigenvalue weighted by Crippen LogP contribution is -2.43. The first-order valence-electron chi connectivity index (χ1n) is 8.21. The number of rotatable bonds is 5. The van der Waals surface area contributed by atoms with Crippen molar-refractivity contribution < 1.29 is 4.79 Å². The quantitative estimate of drug-likeness (QED) is 0.849. The molecule has 0 atom stereocenters. The molecule has 1 saturated heterocycles. The van der Waals surface area contributed by atoms with Crippen LogP contribution in [0.3, 0.4) is 0 Å². The fraction of sp³-hybridized carbons (Fsp3) is 0.316. The van der Waals surface area contributed by atoms with Crippen molar-refractivity contribution in [3.63, 3.8) is 0 Å². The Hall–Kier alpha value is -1.95. The summed E-state index contributed by atoms with van der Waals surface area (Å²) in [6.45, 7) is 5.46. The SMILES string of the molecule is CN1CCN(Cc2ccc(NC(=O)/C=C\c3cccs3)cc2)CC1. The number of likely N-dealkylation sites (N-methyl/N-ethyl adjacent to an activating group) is 1. The van der Waals surface area contributed by atoms with E-state index >= 15 is 0 Å². The number of thiophene rings is 1. The van der Waals surface area contributed by atoms with Crippen molar-refractivity contribution in [2.45, 2.75) is 6.54 Å². The second-order valence-corrected chi connectivity index (χ2v) is 7.09. The molecule has 2 aromatic rings. The predicted octanol–water partition coefficient (Wildman–Crippen LogP) is 3.15. The molecule has 1 amide bonds. The van der Waals surface area contributed by atoms with Gasteiger partial charge in [0.25, 0.3) is 0 Å². The average Bonchev–Trinajstić information content (AvgIpc) is 3.10. The molecule has 1 aliphatic rings. The smallest absolute Gasteiger partial charge is 0.248 e. The van der Waals surface area contributed by atoms with Crippen molar-refractivity contribution in [2.24, 2.45) is 0 Å². The Labute approximate surface area is 147 Å². The molecule has 0 aliphatic carbocycles. The largest absolute Gasteiger partial charge is 0.323 e. The van der Waals surface area contributed by atoms with Crippen molar-refractivity contribution in [3.8, 4) is 0 Å². The molecule has 1 aromatic carbocycles. The van der Waals surface area contributed by atoms with Crippen LogP contribution in [0, 0.1) is 0 Å². The molecule has 3 rings (SSSR count). The van der Waals surface area contributed by atoms with Crippen molar-refractivity contribution >= 4 is 29.0 Å². The molecule has 2 heterocycles. The summed E-state index contributed by atoms with van der Waals surface area (Å²) < 4.78 is 0. The van der Waals surface area contributed by atoms with Crippen LogP contribution >= 0.6 is 11.3 Å². The number of carbonyl (C=O) groups excluding carboxylic acids is 1. The lowest BCUT2D eigenvalue weighted by Gasteiger charge is -2.32. The lowest BCUT2D eigenvalue weighted by atomic mass is 10.2. The molecule has 1 N–H and O–H groups in total. The molecule has 0 unspecified atom stereocenters. The van der Waals surface area contributed by atoms with E-state index in [1.165, 1.54) is 5.56 Å². The van der Waals surface area contributed by atoms with Gasteiger partial charge in [-0.05, 0) is 42.3 Å². The normalized spacial score (nSPS) is 16.5. The Kier molecular flexibility index (Phi) is 5.80. The highest BCUT2D eigenvalue weighted by Gasteiger charge is 2.13. The van der Waals surface area contributed by atoms with Gasteiger partial charge in [0, 0.05) is 49.4 Å². The van der Waals surface area contributed by atoms with Gasteiger partial charge >= 0.3 is 0 Å². The maximum Gasteiger partial charge on any atom is 0.248 e. The summed E-state index contributed by atoms with van der Waals surface area (Å²) in [5.74, 6) is -0.102. The maximum absolute atomic E-state index is 11.9. The minimum absolute atomic E-state index is 0.102. The summed E-state index contributed by atoms with van der Waals surface area (Å²) in [6.07, 6.45) is 3.41. The first-order chi connectivity index (χ1) is 11.7. The fourth-order valence-electron chi connectivity index (χ4n) is 2.69. The Morgan fingerprint density at radius 2 is 1.92 bits per heavy atom. The number of nitrogens with one attached hydrogen (secondary N) is 1. The number of piperazine rings is 1. The van der Waals surface area contributed by atoms with Crippen LogP contribution in [-0.4, -0.2) is 48.9 Å². The summed E-state index contributed by atoms with van der Waals surface area (Å²) in [5, 5.41) is 4.90. The summed E-state index contributed by atoms with van der Waals surface area (Å²) in [6, 6.07) is 12.1. The van der Waals surface area contributed by atoms with Gasteiger partial charge in [-0.2, -0.15) is 0 Å². The highest BCUT2D eigenvalue weighted by molar-refractivity contribution is 7.10. The Balaban J connectivity index is 1.50. The van der Waals surface area contributed by atoms with E-state index in [9.17, 15) is 4.79 Å². The van der Waals surface area contributed by atoms with Gasteiger partial charge in [-0.15, -0.1) is 11.3 Å². The third kappa shape index (κ3) is 5.03. The maximum atomic E-state index is 11.9. The van der Waals surface area contributed by atoms with Crippen LogP contribution in [0.5, 0.6) is 0 Å². The average molecular weight is 341 g/mol. The number of hydrogen-bond donors (Lipinski definition) is 1. The minimum Gasteiger partial charge on any atom is -0.323 e. The summed E-state index contributed by atoms with van der Waals surface area (Å²) in [5.41, 5.74) is 2.12. The molecule has 0 radical (unpaired) electrons. The van der Waals surface area contributed by atoms with Gasteiger partial charge in [-0.1, -0.05) is 18.2 Å². The van der Waals surface area contributed by atoms with Crippen molar-refractivity contribution in [1.29, 1.82) is 0 Å². The number of nitrogens with zero attached hydrogens (tertiary/aromatic N) is 2. The standard InChI is InChI=1S/C19H23N3OS/c1-21-10-12-22(13-11-21)15-16-4-6-17(7-5-16)20-19(23)9-8-18-3-2-14-24-18/h2-9,14H,10-13,15H2,1H3,(H,20,23)/b9-8-. The topological polar surface area (TPSA) is 35.6 Å². The van der Waals surface area contributed by atoms with Crippen molar-refractivity contribution in [3.05, 3.63) is 58.3 Å². The monoisotopic (exact) mass is 341 g/mol. The van der Waals surface area contributed by atoms with Gasteiger partial charge in [0.2, 0.25) is 5.91 Å². The third-order valence-electron chi connectivity index (χ3n) is 4.17. The Bertz CT molecular complexity index is 671. The molecule has 0 saturated carbocycles. The Morgan fingerprint density at radius 3 is 2.58 bits per heavy atom. The summed E-state index contributed by atoms with van der Waals surface area (Å²) >= 11 is 1.62. The fourth-order valence-corrected chi connectivity index (χ4v) is 3.30. The number of amides is 1. The number of anilines is 1. The van der Waals surface area contributed by atoms with E-state index in [0.717, 1.165) is 43.3 Å². The molecule has 126 valence electrons. The van der Waals surface area contributed by atoms with E-state index in [2.05, 4.69) is 34.3 Å². The van der Waals surface area contributed by atoms with E-state index in [-0.39, 0.29) is 5.91 Å². The van der Waals surface area contributed by atoms with E-state index in [0.29, 0.717) is 0 Å². The van der Waals surface area contributed by atoms with Gasteiger partial charge in [-0.3, -0.25) is 9.69 Å². The van der Waals surface area contributed by atoms with Crippen LogP contribution in [-0.2, 0) is 11.3 Å². The van der Waals surface area contributed by atoms with Crippen LogP contribution in [0.1, 0.15) is 10.4 Å². The molecule has 4 nitrogen and oxygen atoms in total. The zero-order valence-corrected chi connectivity index (χ0v) is 14.8. The number of hydrogen-bond acceptors (Lipinski definition) is 4. The zero-order valence-electron chi connectivity index (χ0n) is 13.9. The van der Waals surface area contributed by atoms with Gasteiger partial charge in [-0.25, -0.2) is 0 Å². The van der Waals surface area contributed by atoms with Crippen LogP contribution in [0.15, 0.2) is 47.9 Å². The van der Waals surface area contributed by atoms with Gasteiger partial charge in [0.05, 0.1) is 0 Å². The molecule has 0 spiro atoms. The van der Waals surface area contributed by atoms with Crippen LogP contribution in [0.25, 0.3) is 6.08 Å². The van der Waals surface area contributed by atoms with E-state index in [1.807, 2.05) is 35.7 Å². The van der Waals surface area contributed by atoms with E-state index in [4.69, 9.17) is 0 Å². The van der Waals surface area contributed by atoms with Crippen molar-refractivity contribution in [1.82, 2.24) is 9.80 Å². The third-order valence-corrected chi connectivity index (χ3v) is 5.00. The first kappa shape index (κ1) is 16.9. The van der Waals surface area contributed by atoms with E-state index in [1.54, 1.807) is 17.4 Å². The predicted molar refractivity (Wildman–Crippen MR) is 101 cm³/mol. The number of carbonyl (C=O) groups is 1. The van der Waals surface area contributed by atoms with Crippen LogP contribution < -0.4 is 5.32 Å². The highest BCUT2D eigenvalue weighted by Crippen LogP contribution is 2.14. The van der Waals surface area contributed by atoms with Gasteiger partial charge < -0.3 is 10.2 Å². The molecular formula is C19H23N3OS. The Morgan fingerprint density at radius 1 is 1.17 bits per heavy atom. The van der Waals surface area contributed by atoms with E-state index < -0.39 is 0 Å². The molecule has 1 fully saturated rings. The molecule has 5 heteroatoms. The molecule has 24 heavy (non-hydrogen) atoms. The van der Waals surface area contributed by atoms with Gasteiger partial charge in [0.1, 0.15) is 0 Å².